The number of methoxy groups -OCH3 is 1. The fourth-order valence-corrected chi connectivity index (χ4v) is 8.58. The standard InChI is InChI=1S/C27H33NO3S/c1-26-13-11-17(24(29)31-3)16-18(26)7-8-19-20-9-10-22(27(20,2)14-12-21(19)26)25(30)32-23-6-4-5-15-28-23/h4-7,15-16,19-22H,8-14H2,1-3H3/t19-,20-,21-,22+,26-,27-/m0/s1. The van der Waals surface area contributed by atoms with Crippen LogP contribution in [0.1, 0.15) is 58.8 Å². The van der Waals surface area contributed by atoms with Gasteiger partial charge in [0.2, 0.25) is 0 Å². The highest BCUT2D eigenvalue weighted by molar-refractivity contribution is 8.13. The van der Waals surface area contributed by atoms with Gasteiger partial charge in [-0.25, -0.2) is 9.78 Å². The van der Waals surface area contributed by atoms with Crippen LogP contribution in [0.4, 0.5) is 0 Å². The third kappa shape index (κ3) is 3.39. The number of carbonyl (C=O) groups is 2. The van der Waals surface area contributed by atoms with Crippen molar-refractivity contribution in [1.82, 2.24) is 4.98 Å². The van der Waals surface area contributed by atoms with Crippen LogP contribution < -0.4 is 0 Å². The Balaban J connectivity index is 1.38. The molecule has 5 rings (SSSR count). The van der Waals surface area contributed by atoms with Gasteiger partial charge < -0.3 is 4.74 Å². The fourth-order valence-electron chi connectivity index (χ4n) is 7.59. The summed E-state index contributed by atoms with van der Waals surface area (Å²) in [4.78, 5) is 29.8. The molecule has 4 aliphatic carbocycles. The van der Waals surface area contributed by atoms with Crippen LogP contribution >= 0.6 is 11.8 Å². The van der Waals surface area contributed by atoms with Crippen molar-refractivity contribution in [1.29, 1.82) is 0 Å². The van der Waals surface area contributed by atoms with E-state index >= 15 is 0 Å². The Kier molecular flexibility index (Phi) is 5.59. The van der Waals surface area contributed by atoms with E-state index in [0.29, 0.717) is 22.9 Å². The first-order valence-electron chi connectivity index (χ1n) is 12.0. The van der Waals surface area contributed by atoms with E-state index < -0.39 is 0 Å². The molecule has 1 aromatic heterocycles. The Morgan fingerprint density at radius 1 is 1.12 bits per heavy atom. The fraction of sp³-hybridized carbons (Fsp3) is 0.593. The molecule has 4 nitrogen and oxygen atoms in total. The smallest absolute Gasteiger partial charge is 0.333 e. The molecular weight excluding hydrogens is 418 g/mol. The lowest BCUT2D eigenvalue weighted by atomic mass is 9.48. The summed E-state index contributed by atoms with van der Waals surface area (Å²) in [6, 6.07) is 5.77. The number of fused-ring (bicyclic) bond motifs is 5. The minimum Gasteiger partial charge on any atom is -0.466 e. The van der Waals surface area contributed by atoms with Gasteiger partial charge in [-0.3, -0.25) is 4.79 Å². The number of hydrogen-bond donors (Lipinski definition) is 0. The molecule has 0 saturated heterocycles. The van der Waals surface area contributed by atoms with Crippen LogP contribution in [0.2, 0.25) is 0 Å². The monoisotopic (exact) mass is 451 g/mol. The first kappa shape index (κ1) is 21.9. The SMILES string of the molecule is COC(=O)C1=CC2=CC[C@H]3[C@@H]4CC[C@H](C(=O)Sc5ccccn5)[C@@]4(C)CC[C@@H]3[C@@]2(C)CC1. The second-order valence-electron chi connectivity index (χ2n) is 10.6. The van der Waals surface area contributed by atoms with Crippen molar-refractivity contribution in [3.05, 3.63) is 47.7 Å². The van der Waals surface area contributed by atoms with Gasteiger partial charge in [0.05, 0.1) is 7.11 Å². The molecule has 170 valence electrons. The molecule has 0 unspecified atom stereocenters. The van der Waals surface area contributed by atoms with E-state index in [4.69, 9.17) is 4.74 Å². The molecule has 1 heterocycles. The van der Waals surface area contributed by atoms with Gasteiger partial charge in [-0.05, 0) is 109 Å². The lowest BCUT2D eigenvalue weighted by molar-refractivity contribution is -0.136. The van der Waals surface area contributed by atoms with Crippen molar-refractivity contribution >= 4 is 22.8 Å². The van der Waals surface area contributed by atoms with E-state index in [1.807, 2.05) is 18.2 Å². The second kappa shape index (κ2) is 8.16. The maximum atomic E-state index is 13.3. The Morgan fingerprint density at radius 3 is 2.72 bits per heavy atom. The number of nitrogens with zero attached hydrogens (tertiary/aromatic N) is 1. The summed E-state index contributed by atoms with van der Waals surface area (Å²) >= 11 is 1.33. The van der Waals surface area contributed by atoms with E-state index in [0.717, 1.165) is 49.1 Å². The summed E-state index contributed by atoms with van der Waals surface area (Å²) in [5.41, 5.74) is 2.37. The van der Waals surface area contributed by atoms with Crippen LogP contribution in [-0.2, 0) is 14.3 Å². The Labute approximate surface area is 195 Å². The maximum absolute atomic E-state index is 13.3. The van der Waals surface area contributed by atoms with Crippen molar-refractivity contribution in [2.24, 2.45) is 34.5 Å². The highest BCUT2D eigenvalue weighted by Crippen LogP contribution is 2.66. The Bertz CT molecular complexity index is 986. The third-order valence-corrected chi connectivity index (χ3v) is 10.3. The van der Waals surface area contributed by atoms with E-state index in [1.54, 1.807) is 6.20 Å². The highest BCUT2D eigenvalue weighted by atomic mass is 32.2. The molecule has 32 heavy (non-hydrogen) atoms. The molecule has 0 aliphatic heterocycles. The summed E-state index contributed by atoms with van der Waals surface area (Å²) in [5.74, 6) is 1.80. The lowest BCUT2D eigenvalue weighted by Gasteiger charge is -2.57. The summed E-state index contributed by atoms with van der Waals surface area (Å²) in [7, 11) is 1.47. The zero-order valence-corrected chi connectivity index (χ0v) is 20.1. The van der Waals surface area contributed by atoms with Crippen LogP contribution in [0.15, 0.2) is 52.7 Å². The Morgan fingerprint density at radius 2 is 1.97 bits per heavy atom. The number of hydrogen-bond acceptors (Lipinski definition) is 5. The van der Waals surface area contributed by atoms with Gasteiger partial charge in [0.25, 0.3) is 0 Å². The first-order valence-corrected chi connectivity index (χ1v) is 12.8. The number of ether oxygens (including phenoxy) is 1. The number of allylic oxidation sites excluding steroid dienone is 3. The van der Waals surface area contributed by atoms with Crippen molar-refractivity contribution in [2.45, 2.75) is 63.8 Å². The predicted octanol–water partition coefficient (Wildman–Crippen LogP) is 5.99. The van der Waals surface area contributed by atoms with Gasteiger partial charge >= 0.3 is 5.97 Å². The number of aromatic nitrogens is 1. The summed E-state index contributed by atoms with van der Waals surface area (Å²) in [5, 5.41) is 1.11. The summed E-state index contributed by atoms with van der Waals surface area (Å²) in [6.07, 6.45) is 13.6. The van der Waals surface area contributed by atoms with Gasteiger partial charge in [-0.2, -0.15) is 0 Å². The van der Waals surface area contributed by atoms with Crippen molar-refractivity contribution in [3.8, 4) is 0 Å². The van der Waals surface area contributed by atoms with Crippen LogP contribution in [0.3, 0.4) is 0 Å². The highest BCUT2D eigenvalue weighted by Gasteiger charge is 2.59. The number of rotatable bonds is 3. The lowest BCUT2D eigenvalue weighted by Crippen LogP contribution is -2.50. The molecule has 0 amide bonds. The van der Waals surface area contributed by atoms with Crippen molar-refractivity contribution in [3.63, 3.8) is 0 Å². The molecular formula is C27H33NO3S. The molecule has 0 N–H and O–H groups in total. The minimum atomic E-state index is -0.186. The van der Waals surface area contributed by atoms with E-state index in [2.05, 4.69) is 31.0 Å². The van der Waals surface area contributed by atoms with E-state index in [1.165, 1.54) is 30.9 Å². The largest absolute Gasteiger partial charge is 0.466 e. The topological polar surface area (TPSA) is 56.3 Å². The zero-order chi connectivity index (χ0) is 22.5. The molecule has 1 aromatic rings. The van der Waals surface area contributed by atoms with Crippen LogP contribution in [0, 0.1) is 34.5 Å². The molecule has 4 aliphatic rings. The van der Waals surface area contributed by atoms with Gasteiger partial charge in [-0.1, -0.05) is 26.0 Å². The van der Waals surface area contributed by atoms with E-state index in [-0.39, 0.29) is 22.7 Å². The number of pyridine rings is 1. The average molecular weight is 452 g/mol. The predicted molar refractivity (Wildman–Crippen MR) is 126 cm³/mol. The van der Waals surface area contributed by atoms with Gasteiger partial charge in [0.15, 0.2) is 5.12 Å². The number of carbonyl (C=O) groups excluding carboxylic acids is 2. The normalized spacial score (nSPS) is 38.0. The van der Waals surface area contributed by atoms with Gasteiger partial charge in [0, 0.05) is 17.7 Å². The zero-order valence-electron chi connectivity index (χ0n) is 19.3. The van der Waals surface area contributed by atoms with Crippen LogP contribution in [0.5, 0.6) is 0 Å². The van der Waals surface area contributed by atoms with Crippen LogP contribution in [-0.4, -0.2) is 23.2 Å². The van der Waals surface area contributed by atoms with Crippen molar-refractivity contribution < 1.29 is 14.3 Å². The van der Waals surface area contributed by atoms with Crippen LogP contribution in [0.25, 0.3) is 0 Å². The molecule has 0 spiro atoms. The molecule has 2 fully saturated rings. The number of esters is 1. The number of thioether (sulfide) groups is 1. The molecule has 5 heteroatoms. The molecule has 2 saturated carbocycles. The van der Waals surface area contributed by atoms with Crippen molar-refractivity contribution in [2.75, 3.05) is 7.11 Å². The average Bonchev–Trinajstić information content (AvgIpc) is 3.16. The minimum absolute atomic E-state index is 0.0867. The summed E-state index contributed by atoms with van der Waals surface area (Å²) in [6.45, 7) is 4.80. The second-order valence-corrected chi connectivity index (χ2v) is 11.6. The van der Waals surface area contributed by atoms with Gasteiger partial charge in [0.1, 0.15) is 5.03 Å². The molecule has 0 aromatic carbocycles. The molecule has 0 radical (unpaired) electrons. The molecule has 0 bridgehead atoms. The Hall–Kier alpha value is -1.88. The van der Waals surface area contributed by atoms with E-state index in [9.17, 15) is 9.59 Å². The third-order valence-electron chi connectivity index (χ3n) is 9.34. The molecule has 6 atom stereocenters. The maximum Gasteiger partial charge on any atom is 0.333 e. The first-order chi connectivity index (χ1) is 15.4. The van der Waals surface area contributed by atoms with Gasteiger partial charge in [-0.15, -0.1) is 0 Å². The quantitative estimate of drug-likeness (QED) is 0.417. The summed E-state index contributed by atoms with van der Waals surface area (Å²) < 4.78 is 4.98.